The number of hydrogen-bond acceptors (Lipinski definition) is 6. The van der Waals surface area contributed by atoms with Crippen LogP contribution in [0.25, 0.3) is 16.5 Å². The van der Waals surface area contributed by atoms with Gasteiger partial charge >= 0.3 is 0 Å². The summed E-state index contributed by atoms with van der Waals surface area (Å²) in [5.74, 6) is 0.836. The number of nitrogens with zero attached hydrogens (tertiary/aromatic N) is 4. The number of carbonyl (C=O) groups is 1. The Labute approximate surface area is 172 Å². The monoisotopic (exact) mass is 405 g/mol. The molecule has 4 aromatic rings. The molecule has 0 aliphatic heterocycles. The van der Waals surface area contributed by atoms with E-state index in [2.05, 4.69) is 26.9 Å². The Balaban J connectivity index is 1.41. The van der Waals surface area contributed by atoms with E-state index in [9.17, 15) is 4.79 Å². The third kappa shape index (κ3) is 4.55. The molecule has 3 aromatic carbocycles. The zero-order valence-corrected chi connectivity index (χ0v) is 16.6. The highest BCUT2D eigenvalue weighted by Crippen LogP contribution is 2.22. The second-order valence-corrected chi connectivity index (χ2v) is 7.14. The maximum absolute atomic E-state index is 12.3. The minimum Gasteiger partial charge on any atom is -0.494 e. The second kappa shape index (κ2) is 8.74. The SMILES string of the molecule is CCOc1ccc(NC(=O)CSc2nnnn2-c2ccc3ccccc3c2)cc1. The quantitative estimate of drug-likeness (QED) is 0.469. The van der Waals surface area contributed by atoms with E-state index in [-0.39, 0.29) is 11.7 Å². The zero-order chi connectivity index (χ0) is 20.1. The van der Waals surface area contributed by atoms with Crippen LogP contribution in [0.15, 0.2) is 71.9 Å². The lowest BCUT2D eigenvalue weighted by Crippen LogP contribution is -2.14. The van der Waals surface area contributed by atoms with E-state index in [1.165, 1.54) is 11.8 Å². The number of fused-ring (bicyclic) bond motifs is 1. The van der Waals surface area contributed by atoms with Crippen LogP contribution in [0.2, 0.25) is 0 Å². The Bertz CT molecular complexity index is 1130. The number of ether oxygens (including phenoxy) is 1. The summed E-state index contributed by atoms with van der Waals surface area (Å²) in [5.41, 5.74) is 1.57. The predicted octanol–water partition coefficient (Wildman–Crippen LogP) is 3.95. The number of anilines is 1. The van der Waals surface area contributed by atoms with Gasteiger partial charge in [-0.3, -0.25) is 4.79 Å². The van der Waals surface area contributed by atoms with Crippen molar-refractivity contribution < 1.29 is 9.53 Å². The summed E-state index contributed by atoms with van der Waals surface area (Å²) in [4.78, 5) is 12.3. The number of carbonyl (C=O) groups excluding carboxylic acids is 1. The Morgan fingerprint density at radius 2 is 1.86 bits per heavy atom. The summed E-state index contributed by atoms with van der Waals surface area (Å²) in [6.07, 6.45) is 0. The molecule has 1 amide bonds. The van der Waals surface area contributed by atoms with E-state index in [1.807, 2.05) is 67.6 Å². The summed E-state index contributed by atoms with van der Waals surface area (Å²) in [7, 11) is 0. The molecule has 146 valence electrons. The van der Waals surface area contributed by atoms with Crippen LogP contribution in [0.1, 0.15) is 6.92 Å². The van der Waals surface area contributed by atoms with Gasteiger partial charge in [0.05, 0.1) is 18.0 Å². The minimum absolute atomic E-state index is 0.132. The lowest BCUT2D eigenvalue weighted by atomic mass is 10.1. The van der Waals surface area contributed by atoms with Gasteiger partial charge in [-0.05, 0) is 64.5 Å². The smallest absolute Gasteiger partial charge is 0.234 e. The molecule has 0 aliphatic rings. The van der Waals surface area contributed by atoms with Gasteiger partial charge in [0.25, 0.3) is 0 Å². The molecule has 4 rings (SSSR count). The van der Waals surface area contributed by atoms with Gasteiger partial charge in [0, 0.05) is 5.69 Å². The molecular weight excluding hydrogens is 386 g/mol. The summed E-state index contributed by atoms with van der Waals surface area (Å²) < 4.78 is 7.04. The van der Waals surface area contributed by atoms with Gasteiger partial charge in [-0.2, -0.15) is 4.68 Å². The lowest BCUT2D eigenvalue weighted by molar-refractivity contribution is -0.113. The molecule has 0 fully saturated rings. The van der Waals surface area contributed by atoms with E-state index in [0.717, 1.165) is 22.2 Å². The molecule has 7 nitrogen and oxygen atoms in total. The number of thioether (sulfide) groups is 1. The van der Waals surface area contributed by atoms with Gasteiger partial charge in [-0.1, -0.05) is 42.1 Å². The molecule has 29 heavy (non-hydrogen) atoms. The van der Waals surface area contributed by atoms with Crippen molar-refractivity contribution >= 4 is 34.1 Å². The molecule has 1 aromatic heterocycles. The molecule has 0 saturated heterocycles. The predicted molar refractivity (Wildman–Crippen MR) is 114 cm³/mol. The van der Waals surface area contributed by atoms with E-state index in [0.29, 0.717) is 17.5 Å². The van der Waals surface area contributed by atoms with Crippen molar-refractivity contribution in [3.8, 4) is 11.4 Å². The molecule has 8 heteroatoms. The van der Waals surface area contributed by atoms with Crippen LogP contribution < -0.4 is 10.1 Å². The van der Waals surface area contributed by atoms with Crippen molar-refractivity contribution in [2.45, 2.75) is 12.1 Å². The van der Waals surface area contributed by atoms with Gasteiger partial charge in [0.15, 0.2) is 0 Å². The number of benzene rings is 3. The third-order valence-electron chi connectivity index (χ3n) is 4.20. The first kappa shape index (κ1) is 18.9. The largest absolute Gasteiger partial charge is 0.494 e. The first-order chi connectivity index (χ1) is 14.2. The fraction of sp³-hybridized carbons (Fsp3) is 0.143. The fourth-order valence-corrected chi connectivity index (χ4v) is 3.56. The van der Waals surface area contributed by atoms with Gasteiger partial charge in [-0.15, -0.1) is 5.10 Å². The molecule has 0 spiro atoms. The van der Waals surface area contributed by atoms with E-state index in [4.69, 9.17) is 4.74 Å². The Morgan fingerprint density at radius 3 is 2.66 bits per heavy atom. The average molecular weight is 405 g/mol. The van der Waals surface area contributed by atoms with Gasteiger partial charge in [0.1, 0.15) is 5.75 Å². The maximum Gasteiger partial charge on any atom is 0.234 e. The molecule has 0 bridgehead atoms. The number of hydrogen-bond donors (Lipinski definition) is 1. The summed E-state index contributed by atoms with van der Waals surface area (Å²) in [6.45, 7) is 2.53. The zero-order valence-electron chi connectivity index (χ0n) is 15.8. The lowest BCUT2D eigenvalue weighted by Gasteiger charge is -2.08. The molecule has 0 unspecified atom stereocenters. The van der Waals surface area contributed by atoms with Gasteiger partial charge in [0.2, 0.25) is 11.1 Å². The first-order valence-corrected chi connectivity index (χ1v) is 10.1. The topological polar surface area (TPSA) is 81.9 Å². The number of amides is 1. The standard InChI is InChI=1S/C21H19N5O2S/c1-2-28-19-11-8-17(9-12-19)22-20(27)14-29-21-23-24-25-26(21)18-10-7-15-5-3-4-6-16(15)13-18/h3-13H,2,14H2,1H3,(H,22,27). The van der Waals surface area contributed by atoms with E-state index < -0.39 is 0 Å². The molecule has 0 atom stereocenters. The molecule has 0 aliphatic carbocycles. The van der Waals surface area contributed by atoms with Crippen molar-refractivity contribution in [3.63, 3.8) is 0 Å². The van der Waals surface area contributed by atoms with Crippen molar-refractivity contribution in [3.05, 3.63) is 66.7 Å². The minimum atomic E-state index is -0.132. The number of nitrogens with one attached hydrogen (secondary N) is 1. The van der Waals surface area contributed by atoms with Crippen LogP contribution in [-0.2, 0) is 4.79 Å². The van der Waals surface area contributed by atoms with Crippen LogP contribution in [0.4, 0.5) is 5.69 Å². The van der Waals surface area contributed by atoms with Crippen molar-refractivity contribution in [1.29, 1.82) is 0 Å². The molecule has 1 N–H and O–H groups in total. The summed E-state index contributed by atoms with van der Waals surface area (Å²) in [5, 5.41) is 17.6. The average Bonchev–Trinajstić information content (AvgIpc) is 3.22. The first-order valence-electron chi connectivity index (χ1n) is 9.16. The number of tetrazole rings is 1. The van der Waals surface area contributed by atoms with Crippen LogP contribution in [-0.4, -0.2) is 38.5 Å². The Kier molecular flexibility index (Phi) is 5.71. The van der Waals surface area contributed by atoms with Crippen LogP contribution in [0, 0.1) is 0 Å². The molecular formula is C21H19N5O2S. The van der Waals surface area contributed by atoms with Crippen molar-refractivity contribution in [2.24, 2.45) is 0 Å². The van der Waals surface area contributed by atoms with E-state index in [1.54, 1.807) is 4.68 Å². The highest BCUT2D eigenvalue weighted by Gasteiger charge is 2.12. The highest BCUT2D eigenvalue weighted by molar-refractivity contribution is 7.99. The van der Waals surface area contributed by atoms with E-state index >= 15 is 0 Å². The summed E-state index contributed by atoms with van der Waals surface area (Å²) in [6, 6.07) is 21.4. The van der Waals surface area contributed by atoms with Crippen LogP contribution >= 0.6 is 11.8 Å². The van der Waals surface area contributed by atoms with Crippen molar-refractivity contribution in [2.75, 3.05) is 17.7 Å². The number of rotatable bonds is 7. The Morgan fingerprint density at radius 1 is 1.07 bits per heavy atom. The Hall–Kier alpha value is -3.39. The molecule has 0 saturated carbocycles. The fourth-order valence-electron chi connectivity index (χ4n) is 2.87. The molecule has 0 radical (unpaired) electrons. The molecule has 1 heterocycles. The van der Waals surface area contributed by atoms with Gasteiger partial charge < -0.3 is 10.1 Å². The second-order valence-electron chi connectivity index (χ2n) is 6.20. The summed E-state index contributed by atoms with van der Waals surface area (Å²) >= 11 is 1.28. The highest BCUT2D eigenvalue weighted by atomic mass is 32.2. The van der Waals surface area contributed by atoms with Crippen molar-refractivity contribution in [1.82, 2.24) is 20.2 Å². The van der Waals surface area contributed by atoms with Crippen LogP contribution in [0.3, 0.4) is 0 Å². The number of aromatic nitrogens is 4. The third-order valence-corrected chi connectivity index (χ3v) is 5.12. The van der Waals surface area contributed by atoms with Crippen LogP contribution in [0.5, 0.6) is 5.75 Å². The maximum atomic E-state index is 12.3. The normalized spacial score (nSPS) is 10.8. The van der Waals surface area contributed by atoms with Gasteiger partial charge in [-0.25, -0.2) is 0 Å².